The van der Waals surface area contributed by atoms with Gasteiger partial charge in [0, 0.05) is 6.54 Å². The van der Waals surface area contributed by atoms with E-state index < -0.39 is 0 Å². The van der Waals surface area contributed by atoms with E-state index in [1.165, 1.54) is 0 Å². The highest BCUT2D eigenvalue weighted by molar-refractivity contribution is 7.80. The average molecular weight is 371 g/mol. The predicted molar refractivity (Wildman–Crippen MR) is 106 cm³/mol. The second-order valence-electron chi connectivity index (χ2n) is 5.24. The van der Waals surface area contributed by atoms with Gasteiger partial charge in [0.25, 0.3) is 11.8 Å². The van der Waals surface area contributed by atoms with E-state index in [1.54, 1.807) is 48.5 Å². The van der Waals surface area contributed by atoms with Gasteiger partial charge in [-0.1, -0.05) is 24.3 Å². The zero-order valence-electron chi connectivity index (χ0n) is 14.7. The van der Waals surface area contributed by atoms with Crippen molar-refractivity contribution in [3.8, 4) is 5.75 Å². The van der Waals surface area contributed by atoms with Crippen molar-refractivity contribution >= 4 is 34.8 Å². The second-order valence-corrected chi connectivity index (χ2v) is 5.65. The molecule has 6 nitrogen and oxygen atoms in total. The third-order valence-electron chi connectivity index (χ3n) is 3.42. The molecule has 2 aromatic rings. The first-order valence-electron chi connectivity index (χ1n) is 8.28. The number of hydrogen-bond donors (Lipinski definition) is 3. The lowest BCUT2D eigenvalue weighted by Gasteiger charge is -2.14. The number of para-hydroxylation sites is 2. The quantitative estimate of drug-likeness (QED) is 0.681. The molecule has 0 spiro atoms. The third-order valence-corrected chi connectivity index (χ3v) is 3.62. The number of thiocarbonyl (C=S) groups is 1. The molecule has 0 saturated carbocycles. The molecule has 0 fully saturated rings. The molecular weight excluding hydrogens is 350 g/mol. The molecule has 0 aliphatic rings. The van der Waals surface area contributed by atoms with Crippen LogP contribution in [-0.4, -0.2) is 30.1 Å². The molecule has 0 heterocycles. The minimum absolute atomic E-state index is 0.0954. The Morgan fingerprint density at radius 3 is 2.31 bits per heavy atom. The van der Waals surface area contributed by atoms with Crippen molar-refractivity contribution in [3.05, 3.63) is 59.7 Å². The van der Waals surface area contributed by atoms with Crippen LogP contribution in [0.5, 0.6) is 5.75 Å². The lowest BCUT2D eigenvalue weighted by atomic mass is 10.1. The summed E-state index contributed by atoms with van der Waals surface area (Å²) >= 11 is 5.22. The van der Waals surface area contributed by atoms with E-state index in [4.69, 9.17) is 17.0 Å². The van der Waals surface area contributed by atoms with Crippen molar-refractivity contribution in [1.82, 2.24) is 10.6 Å². The molecule has 3 N–H and O–H groups in total. The van der Waals surface area contributed by atoms with E-state index in [-0.39, 0.29) is 16.9 Å². The Bertz CT molecular complexity index is 808. The van der Waals surface area contributed by atoms with Gasteiger partial charge in [0.15, 0.2) is 5.11 Å². The molecule has 2 rings (SSSR count). The van der Waals surface area contributed by atoms with Crippen LogP contribution < -0.4 is 20.7 Å². The van der Waals surface area contributed by atoms with Crippen molar-refractivity contribution in [2.45, 2.75) is 13.8 Å². The van der Waals surface area contributed by atoms with Gasteiger partial charge in [0.2, 0.25) is 0 Å². The number of benzene rings is 2. The number of carbonyl (C=O) groups excluding carboxylic acids is 2. The van der Waals surface area contributed by atoms with E-state index in [9.17, 15) is 9.59 Å². The van der Waals surface area contributed by atoms with Crippen LogP contribution in [0.2, 0.25) is 0 Å². The fourth-order valence-corrected chi connectivity index (χ4v) is 2.51. The van der Waals surface area contributed by atoms with E-state index in [1.807, 2.05) is 13.8 Å². The standard InChI is InChI=1S/C19H21N3O3S/c1-3-20-17(23)13-9-5-7-11-15(13)21-19(26)22-18(24)14-10-6-8-12-16(14)25-4-2/h5-12H,3-4H2,1-2H3,(H,20,23)(H2,21,22,24,26). The summed E-state index contributed by atoms with van der Waals surface area (Å²) in [4.78, 5) is 24.6. The summed E-state index contributed by atoms with van der Waals surface area (Å²) in [7, 11) is 0. The monoisotopic (exact) mass is 371 g/mol. The second kappa shape index (κ2) is 9.53. The molecule has 26 heavy (non-hydrogen) atoms. The molecule has 136 valence electrons. The predicted octanol–water partition coefficient (Wildman–Crippen LogP) is 2.96. The lowest BCUT2D eigenvalue weighted by Crippen LogP contribution is -2.35. The van der Waals surface area contributed by atoms with E-state index in [0.717, 1.165) is 0 Å². The highest BCUT2D eigenvalue weighted by atomic mass is 32.1. The number of carbonyl (C=O) groups is 2. The van der Waals surface area contributed by atoms with Gasteiger partial charge >= 0.3 is 0 Å². The zero-order valence-corrected chi connectivity index (χ0v) is 15.5. The molecule has 0 saturated heterocycles. The SMILES string of the molecule is CCNC(=O)c1ccccc1NC(=S)NC(=O)c1ccccc1OCC. The van der Waals surface area contributed by atoms with Gasteiger partial charge in [-0.25, -0.2) is 0 Å². The van der Waals surface area contributed by atoms with Gasteiger partial charge in [-0.05, 0) is 50.3 Å². The summed E-state index contributed by atoms with van der Waals surface area (Å²) in [6, 6.07) is 13.9. The fraction of sp³-hybridized carbons (Fsp3) is 0.211. The van der Waals surface area contributed by atoms with Crippen LogP contribution in [0.1, 0.15) is 34.6 Å². The van der Waals surface area contributed by atoms with Crippen LogP contribution in [0.25, 0.3) is 0 Å². The maximum atomic E-state index is 12.5. The van der Waals surface area contributed by atoms with Crippen LogP contribution in [0.15, 0.2) is 48.5 Å². The van der Waals surface area contributed by atoms with Crippen LogP contribution >= 0.6 is 12.2 Å². The number of hydrogen-bond acceptors (Lipinski definition) is 4. The van der Waals surface area contributed by atoms with Gasteiger partial charge in [0.1, 0.15) is 5.75 Å². The molecule has 0 aliphatic heterocycles. The summed E-state index contributed by atoms with van der Waals surface area (Å²) in [6.07, 6.45) is 0. The number of amides is 2. The van der Waals surface area contributed by atoms with Crippen molar-refractivity contribution in [3.63, 3.8) is 0 Å². The molecule has 0 bridgehead atoms. The largest absolute Gasteiger partial charge is 0.493 e. The summed E-state index contributed by atoms with van der Waals surface area (Å²) in [5, 5.41) is 8.34. The summed E-state index contributed by atoms with van der Waals surface area (Å²) in [5.74, 6) is -0.119. The van der Waals surface area contributed by atoms with Crippen LogP contribution in [0.3, 0.4) is 0 Å². The molecule has 0 unspecified atom stereocenters. The Hall–Kier alpha value is -2.93. The van der Waals surface area contributed by atoms with Crippen molar-refractivity contribution in [2.24, 2.45) is 0 Å². The number of ether oxygens (including phenoxy) is 1. The Morgan fingerprint density at radius 2 is 1.62 bits per heavy atom. The minimum Gasteiger partial charge on any atom is -0.493 e. The number of rotatable bonds is 6. The van der Waals surface area contributed by atoms with Gasteiger partial charge in [-0.2, -0.15) is 0 Å². The van der Waals surface area contributed by atoms with E-state index in [0.29, 0.717) is 35.7 Å². The van der Waals surface area contributed by atoms with Crippen molar-refractivity contribution in [2.75, 3.05) is 18.5 Å². The molecular formula is C19H21N3O3S. The third kappa shape index (κ3) is 5.03. The number of anilines is 1. The van der Waals surface area contributed by atoms with Gasteiger partial charge in [-0.15, -0.1) is 0 Å². The van der Waals surface area contributed by atoms with E-state index >= 15 is 0 Å². The smallest absolute Gasteiger partial charge is 0.261 e. The fourth-order valence-electron chi connectivity index (χ4n) is 2.31. The van der Waals surface area contributed by atoms with Gasteiger partial charge in [0.05, 0.1) is 23.4 Å². The first-order chi connectivity index (χ1) is 12.6. The number of nitrogens with one attached hydrogen (secondary N) is 3. The lowest BCUT2D eigenvalue weighted by molar-refractivity contribution is 0.0954. The maximum Gasteiger partial charge on any atom is 0.261 e. The van der Waals surface area contributed by atoms with Crippen LogP contribution in [0.4, 0.5) is 5.69 Å². The summed E-state index contributed by atoms with van der Waals surface area (Å²) in [5.41, 5.74) is 1.35. The Kier molecular flexibility index (Phi) is 7.11. The van der Waals surface area contributed by atoms with Crippen LogP contribution in [-0.2, 0) is 0 Å². The summed E-state index contributed by atoms with van der Waals surface area (Å²) < 4.78 is 5.46. The highest BCUT2D eigenvalue weighted by Gasteiger charge is 2.15. The summed E-state index contributed by atoms with van der Waals surface area (Å²) in [6.45, 7) is 4.66. The minimum atomic E-state index is -0.387. The molecule has 0 radical (unpaired) electrons. The molecule has 2 aromatic carbocycles. The normalized spacial score (nSPS) is 9.92. The Balaban J connectivity index is 2.10. The van der Waals surface area contributed by atoms with Gasteiger partial charge < -0.3 is 15.4 Å². The Morgan fingerprint density at radius 1 is 0.962 bits per heavy atom. The topological polar surface area (TPSA) is 79.5 Å². The molecule has 0 aliphatic carbocycles. The first kappa shape index (κ1) is 19.4. The molecule has 2 amide bonds. The maximum absolute atomic E-state index is 12.5. The highest BCUT2D eigenvalue weighted by Crippen LogP contribution is 2.18. The molecule has 0 atom stereocenters. The van der Waals surface area contributed by atoms with Crippen molar-refractivity contribution < 1.29 is 14.3 Å². The Labute approximate surface area is 157 Å². The average Bonchev–Trinajstić information content (AvgIpc) is 2.63. The van der Waals surface area contributed by atoms with E-state index in [2.05, 4.69) is 16.0 Å². The zero-order chi connectivity index (χ0) is 18.9. The van der Waals surface area contributed by atoms with Gasteiger partial charge in [-0.3, -0.25) is 14.9 Å². The molecule has 0 aromatic heterocycles. The molecule has 7 heteroatoms. The first-order valence-corrected chi connectivity index (χ1v) is 8.69. The van der Waals surface area contributed by atoms with Crippen LogP contribution in [0, 0.1) is 0 Å². The van der Waals surface area contributed by atoms with Crippen molar-refractivity contribution in [1.29, 1.82) is 0 Å².